The molecule has 0 aliphatic rings. The minimum atomic E-state index is -1.09. The van der Waals surface area contributed by atoms with Gasteiger partial charge in [-0.05, 0) is 32.0 Å². The molecule has 1 aromatic rings. The number of rotatable bonds is 5. The van der Waals surface area contributed by atoms with Gasteiger partial charge < -0.3 is 16.2 Å². The van der Waals surface area contributed by atoms with Crippen LogP contribution in [-0.2, 0) is 4.79 Å². The van der Waals surface area contributed by atoms with Crippen LogP contribution in [0.15, 0.2) is 18.2 Å². The molecule has 4 N–H and O–H groups in total. The number of hydrogen-bond donors (Lipinski definition) is 3. The number of anilines is 1. The van der Waals surface area contributed by atoms with Crippen LogP contribution in [0.3, 0.4) is 0 Å². The Morgan fingerprint density at radius 1 is 1.44 bits per heavy atom. The van der Waals surface area contributed by atoms with Gasteiger partial charge in [0.2, 0.25) is 5.91 Å². The number of carbonyl (C=O) groups is 2. The van der Waals surface area contributed by atoms with Crippen molar-refractivity contribution in [1.82, 2.24) is 0 Å². The van der Waals surface area contributed by atoms with Crippen molar-refractivity contribution < 1.29 is 14.7 Å². The van der Waals surface area contributed by atoms with Gasteiger partial charge in [-0.15, -0.1) is 0 Å². The summed E-state index contributed by atoms with van der Waals surface area (Å²) in [7, 11) is 0. The zero-order valence-electron chi connectivity index (χ0n) is 10.2. The highest BCUT2D eigenvalue weighted by Crippen LogP contribution is 2.25. The van der Waals surface area contributed by atoms with E-state index < -0.39 is 17.4 Å². The first-order chi connectivity index (χ1) is 8.21. The Bertz CT molecular complexity index is 486. The Hall–Kier alpha value is -1.75. The number of nitrogens with one attached hydrogen (secondary N) is 1. The second-order valence-electron chi connectivity index (χ2n) is 4.65. The monoisotopic (exact) mass is 270 g/mol. The van der Waals surface area contributed by atoms with Crippen LogP contribution in [0.25, 0.3) is 0 Å². The van der Waals surface area contributed by atoms with Crippen LogP contribution in [0.2, 0.25) is 5.02 Å². The van der Waals surface area contributed by atoms with Crippen LogP contribution in [0, 0.1) is 0 Å². The number of aromatic carboxylic acids is 1. The highest BCUT2D eigenvalue weighted by Gasteiger charge is 2.22. The van der Waals surface area contributed by atoms with Crippen molar-refractivity contribution in [2.75, 3.05) is 5.32 Å². The maximum Gasteiger partial charge on any atom is 0.337 e. The van der Waals surface area contributed by atoms with E-state index in [2.05, 4.69) is 5.32 Å². The molecule has 18 heavy (non-hydrogen) atoms. The number of hydrogen-bond acceptors (Lipinski definition) is 3. The van der Waals surface area contributed by atoms with Crippen LogP contribution in [0.4, 0.5) is 5.69 Å². The number of benzene rings is 1. The molecule has 1 rings (SSSR count). The number of amides is 1. The zero-order chi connectivity index (χ0) is 13.9. The Morgan fingerprint density at radius 3 is 2.56 bits per heavy atom. The Kier molecular flexibility index (Phi) is 4.19. The number of carboxylic acids is 1. The van der Waals surface area contributed by atoms with Gasteiger partial charge in [-0.1, -0.05) is 11.6 Å². The zero-order valence-corrected chi connectivity index (χ0v) is 10.9. The topological polar surface area (TPSA) is 92.4 Å². The molecule has 0 radical (unpaired) electrons. The molecular formula is C12H15ClN2O3. The molecular weight excluding hydrogens is 256 g/mol. The van der Waals surface area contributed by atoms with E-state index >= 15 is 0 Å². The van der Waals surface area contributed by atoms with E-state index in [-0.39, 0.29) is 12.0 Å². The molecule has 0 saturated carbocycles. The molecule has 0 aliphatic carbocycles. The predicted molar refractivity (Wildman–Crippen MR) is 69.9 cm³/mol. The van der Waals surface area contributed by atoms with Crippen molar-refractivity contribution in [1.29, 1.82) is 0 Å². The van der Waals surface area contributed by atoms with E-state index in [0.717, 1.165) is 0 Å². The average molecular weight is 271 g/mol. The summed E-state index contributed by atoms with van der Waals surface area (Å²) in [5, 5.41) is 12.4. The quantitative estimate of drug-likeness (QED) is 0.764. The summed E-state index contributed by atoms with van der Waals surface area (Å²) < 4.78 is 0. The van der Waals surface area contributed by atoms with Gasteiger partial charge in [0.05, 0.1) is 5.56 Å². The minimum Gasteiger partial charge on any atom is -0.478 e. The van der Waals surface area contributed by atoms with Crippen LogP contribution in [-0.4, -0.2) is 22.5 Å². The lowest BCUT2D eigenvalue weighted by atomic mass is 9.99. The number of primary amides is 1. The first-order valence-corrected chi connectivity index (χ1v) is 5.68. The molecule has 5 nitrogen and oxygen atoms in total. The molecule has 0 aromatic heterocycles. The van der Waals surface area contributed by atoms with Gasteiger partial charge in [0.15, 0.2) is 0 Å². The van der Waals surface area contributed by atoms with E-state index in [1.807, 2.05) is 0 Å². The van der Waals surface area contributed by atoms with Gasteiger partial charge in [0.1, 0.15) is 0 Å². The summed E-state index contributed by atoms with van der Waals surface area (Å²) >= 11 is 5.75. The van der Waals surface area contributed by atoms with Gasteiger partial charge >= 0.3 is 5.97 Å². The summed E-state index contributed by atoms with van der Waals surface area (Å²) in [5.74, 6) is -1.55. The summed E-state index contributed by atoms with van der Waals surface area (Å²) in [6.45, 7) is 3.52. The van der Waals surface area contributed by atoms with Crippen molar-refractivity contribution in [2.24, 2.45) is 5.73 Å². The van der Waals surface area contributed by atoms with Crippen LogP contribution in [0.5, 0.6) is 0 Å². The van der Waals surface area contributed by atoms with Crippen molar-refractivity contribution in [3.63, 3.8) is 0 Å². The van der Waals surface area contributed by atoms with Crippen LogP contribution < -0.4 is 11.1 Å². The van der Waals surface area contributed by atoms with Crippen molar-refractivity contribution in [3.8, 4) is 0 Å². The van der Waals surface area contributed by atoms with Gasteiger partial charge in [-0.2, -0.15) is 0 Å². The Labute approximate surface area is 110 Å². The third-order valence-corrected chi connectivity index (χ3v) is 2.54. The highest BCUT2D eigenvalue weighted by atomic mass is 35.5. The molecule has 0 saturated heterocycles. The fourth-order valence-electron chi connectivity index (χ4n) is 1.65. The number of halogens is 1. The normalized spacial score (nSPS) is 11.1. The van der Waals surface area contributed by atoms with Gasteiger partial charge in [0, 0.05) is 22.7 Å². The molecule has 98 valence electrons. The highest BCUT2D eigenvalue weighted by molar-refractivity contribution is 6.31. The second-order valence-corrected chi connectivity index (χ2v) is 5.08. The maximum absolute atomic E-state index is 11.1. The largest absolute Gasteiger partial charge is 0.478 e. The van der Waals surface area contributed by atoms with Gasteiger partial charge in [-0.25, -0.2) is 4.79 Å². The minimum absolute atomic E-state index is 0.0556. The van der Waals surface area contributed by atoms with E-state index in [1.165, 1.54) is 6.07 Å². The molecule has 0 fully saturated rings. The van der Waals surface area contributed by atoms with Crippen LogP contribution in [0.1, 0.15) is 30.6 Å². The first-order valence-electron chi connectivity index (χ1n) is 5.30. The molecule has 0 spiro atoms. The Balaban J connectivity index is 3.03. The van der Waals surface area contributed by atoms with Crippen molar-refractivity contribution >= 4 is 29.2 Å². The summed E-state index contributed by atoms with van der Waals surface area (Å²) in [4.78, 5) is 22.0. The average Bonchev–Trinajstić information content (AvgIpc) is 2.18. The van der Waals surface area contributed by atoms with E-state index in [4.69, 9.17) is 22.4 Å². The molecule has 0 unspecified atom stereocenters. The van der Waals surface area contributed by atoms with Gasteiger partial charge in [-0.3, -0.25) is 4.79 Å². The maximum atomic E-state index is 11.1. The standard InChI is InChI=1S/C12H15ClN2O3/c1-12(2,6-10(14)16)15-9-4-3-7(13)5-8(9)11(17)18/h3-5,15H,6H2,1-2H3,(H2,14,16)(H,17,18). The number of nitrogens with two attached hydrogens (primary N) is 1. The van der Waals surface area contributed by atoms with E-state index in [9.17, 15) is 9.59 Å². The predicted octanol–water partition coefficient (Wildman–Crippen LogP) is 2.10. The SMILES string of the molecule is CC(C)(CC(N)=O)Nc1ccc(Cl)cc1C(=O)O. The van der Waals surface area contributed by atoms with E-state index in [0.29, 0.717) is 10.7 Å². The smallest absolute Gasteiger partial charge is 0.337 e. The molecule has 0 bridgehead atoms. The first kappa shape index (κ1) is 14.3. The lowest BCUT2D eigenvalue weighted by molar-refractivity contribution is -0.118. The van der Waals surface area contributed by atoms with E-state index in [1.54, 1.807) is 26.0 Å². The molecule has 0 aliphatic heterocycles. The summed E-state index contributed by atoms with van der Waals surface area (Å²) in [6.07, 6.45) is 0.0919. The molecule has 0 atom stereocenters. The van der Waals surface area contributed by atoms with Crippen LogP contribution >= 0.6 is 11.6 Å². The summed E-state index contributed by atoms with van der Waals surface area (Å²) in [5.41, 5.74) is 4.96. The Morgan fingerprint density at radius 2 is 2.06 bits per heavy atom. The third-order valence-electron chi connectivity index (χ3n) is 2.30. The number of carbonyl (C=O) groups excluding carboxylic acids is 1. The fourth-order valence-corrected chi connectivity index (χ4v) is 1.82. The second kappa shape index (κ2) is 5.27. The third kappa shape index (κ3) is 3.92. The summed E-state index contributed by atoms with van der Waals surface area (Å²) in [6, 6.07) is 4.50. The molecule has 1 aromatic carbocycles. The van der Waals surface area contributed by atoms with Crippen molar-refractivity contribution in [3.05, 3.63) is 28.8 Å². The molecule has 6 heteroatoms. The van der Waals surface area contributed by atoms with Crippen molar-refractivity contribution in [2.45, 2.75) is 25.8 Å². The van der Waals surface area contributed by atoms with Gasteiger partial charge in [0.25, 0.3) is 0 Å². The number of carboxylic acid groups (broad SMARTS) is 1. The molecule has 1 amide bonds. The fraction of sp³-hybridized carbons (Fsp3) is 0.333. The lowest BCUT2D eigenvalue weighted by Gasteiger charge is -2.27. The molecule has 0 heterocycles. The lowest BCUT2D eigenvalue weighted by Crippen LogP contribution is -2.36.